The number of aromatic nitrogens is 4. The smallest absolute Gasteiger partial charge is 0.306 e. The molecule has 2 fully saturated rings. The Morgan fingerprint density at radius 2 is 1.89 bits per heavy atom. The molecule has 0 spiro atoms. The van der Waals surface area contributed by atoms with Gasteiger partial charge in [0, 0.05) is 43.6 Å². The molecule has 0 amide bonds. The molecular weight excluding hydrogens is 593 g/mol. The summed E-state index contributed by atoms with van der Waals surface area (Å²) < 4.78 is 16.9. The number of nitrogens with one attached hydrogen (secondary N) is 2. The van der Waals surface area contributed by atoms with Gasteiger partial charge in [-0.3, -0.25) is 9.48 Å². The number of likely N-dealkylation sites (tertiary alicyclic amines) is 1. The van der Waals surface area contributed by atoms with E-state index in [9.17, 15) is 9.90 Å². The van der Waals surface area contributed by atoms with Gasteiger partial charge in [-0.1, -0.05) is 44.2 Å². The van der Waals surface area contributed by atoms with E-state index in [0.717, 1.165) is 93.8 Å². The van der Waals surface area contributed by atoms with Crippen molar-refractivity contribution in [2.45, 2.75) is 103 Å². The van der Waals surface area contributed by atoms with Crippen LogP contribution in [0.5, 0.6) is 0 Å². The van der Waals surface area contributed by atoms with Gasteiger partial charge in [0.15, 0.2) is 0 Å². The van der Waals surface area contributed by atoms with Crippen molar-refractivity contribution in [1.29, 1.82) is 0 Å². The fraction of sp³-hybridized carbons (Fsp3) is 0.622. The molecule has 0 radical (unpaired) electrons. The van der Waals surface area contributed by atoms with Gasteiger partial charge in [0.05, 0.1) is 24.1 Å². The quantitative estimate of drug-likeness (QED) is 0.212. The van der Waals surface area contributed by atoms with Gasteiger partial charge < -0.3 is 20.6 Å². The number of rotatable bonds is 12. The highest BCUT2D eigenvalue weighted by atomic mass is 19.1. The number of nitrogens with zero attached hydrogens (tertiary/aromatic N) is 5. The Labute approximate surface area is 278 Å². The molecular formula is C37H52FN7O2. The van der Waals surface area contributed by atoms with E-state index >= 15 is 4.39 Å². The monoisotopic (exact) mass is 645 g/mol. The number of aliphatic carboxylic acids is 1. The third kappa shape index (κ3) is 8.20. The molecule has 1 aromatic carbocycles. The highest BCUT2D eigenvalue weighted by molar-refractivity contribution is 5.70. The number of carbonyl (C=O) groups is 1. The number of anilines is 1. The van der Waals surface area contributed by atoms with Gasteiger partial charge in [0.1, 0.15) is 11.6 Å². The SMILES string of the molecule is CC[C@@H](NCc1nc2c(c(N[C@H](CN3CCC[C@H](C)C3)c3cn(C)nc3F)n1)C[C@H](c1ccccc1)CC2)C1CCC(C(=O)O)CC1. The maximum absolute atomic E-state index is 15.3. The van der Waals surface area contributed by atoms with E-state index < -0.39 is 11.9 Å². The zero-order chi connectivity index (χ0) is 32.9. The second-order valence-electron chi connectivity index (χ2n) is 14.4. The van der Waals surface area contributed by atoms with Crippen LogP contribution in [0.3, 0.4) is 0 Å². The molecule has 3 N–H and O–H groups in total. The first kappa shape index (κ1) is 33.5. The summed E-state index contributed by atoms with van der Waals surface area (Å²) in [7, 11) is 1.77. The first-order valence-electron chi connectivity index (χ1n) is 17.8. The molecule has 1 aliphatic heterocycles. The van der Waals surface area contributed by atoms with Crippen molar-refractivity contribution in [2.75, 3.05) is 25.0 Å². The van der Waals surface area contributed by atoms with Gasteiger partial charge in [-0.05, 0) is 94.1 Å². The van der Waals surface area contributed by atoms with E-state index in [1.165, 1.54) is 12.0 Å². The van der Waals surface area contributed by atoms with Crippen LogP contribution in [0.15, 0.2) is 36.5 Å². The summed E-state index contributed by atoms with van der Waals surface area (Å²) in [4.78, 5) is 24.3. The normalized spacial score (nSPS) is 24.8. The van der Waals surface area contributed by atoms with Crippen LogP contribution in [-0.2, 0) is 31.2 Å². The number of carboxylic acids is 1. The van der Waals surface area contributed by atoms with Gasteiger partial charge >= 0.3 is 5.97 Å². The second kappa shape index (κ2) is 15.2. The molecule has 1 saturated carbocycles. The number of carboxylic acid groups (broad SMARTS) is 1. The van der Waals surface area contributed by atoms with Crippen molar-refractivity contribution < 1.29 is 14.3 Å². The van der Waals surface area contributed by atoms with Crippen molar-refractivity contribution in [2.24, 2.45) is 24.8 Å². The van der Waals surface area contributed by atoms with Crippen molar-refractivity contribution in [3.63, 3.8) is 0 Å². The molecule has 254 valence electrons. The summed E-state index contributed by atoms with van der Waals surface area (Å²) in [5.41, 5.74) is 4.11. The Morgan fingerprint density at radius 1 is 1.11 bits per heavy atom. The van der Waals surface area contributed by atoms with E-state index in [1.54, 1.807) is 17.9 Å². The summed E-state index contributed by atoms with van der Waals surface area (Å²) >= 11 is 0. The number of hydrogen-bond donors (Lipinski definition) is 3. The predicted molar refractivity (Wildman–Crippen MR) is 182 cm³/mol. The molecule has 4 atom stereocenters. The molecule has 2 aliphatic carbocycles. The number of aryl methyl sites for hydroxylation is 2. The fourth-order valence-corrected chi connectivity index (χ4v) is 8.32. The largest absolute Gasteiger partial charge is 0.481 e. The Kier molecular flexibility index (Phi) is 10.9. The topological polar surface area (TPSA) is 108 Å². The molecule has 3 heterocycles. The van der Waals surface area contributed by atoms with Crippen LogP contribution in [0.4, 0.5) is 10.2 Å². The highest BCUT2D eigenvalue weighted by Gasteiger charge is 2.32. The van der Waals surface area contributed by atoms with Crippen LogP contribution < -0.4 is 10.6 Å². The first-order valence-corrected chi connectivity index (χ1v) is 17.8. The van der Waals surface area contributed by atoms with Crippen LogP contribution in [0.1, 0.15) is 105 Å². The molecule has 3 aromatic rings. The second-order valence-corrected chi connectivity index (χ2v) is 14.4. The van der Waals surface area contributed by atoms with E-state index in [2.05, 4.69) is 64.8 Å². The molecule has 47 heavy (non-hydrogen) atoms. The highest BCUT2D eigenvalue weighted by Crippen LogP contribution is 2.37. The van der Waals surface area contributed by atoms with Crippen LogP contribution in [0.25, 0.3) is 0 Å². The van der Waals surface area contributed by atoms with E-state index in [1.807, 2.05) is 0 Å². The molecule has 9 nitrogen and oxygen atoms in total. The third-order valence-electron chi connectivity index (χ3n) is 10.9. The minimum Gasteiger partial charge on any atom is -0.481 e. The average molecular weight is 646 g/mol. The Balaban J connectivity index is 1.27. The third-order valence-corrected chi connectivity index (χ3v) is 10.9. The fourth-order valence-electron chi connectivity index (χ4n) is 8.32. The van der Waals surface area contributed by atoms with Crippen molar-refractivity contribution in [3.8, 4) is 0 Å². The predicted octanol–water partition coefficient (Wildman–Crippen LogP) is 6.27. The van der Waals surface area contributed by atoms with Crippen LogP contribution in [-0.4, -0.2) is 61.4 Å². The molecule has 0 bridgehead atoms. The molecule has 1 saturated heterocycles. The summed E-state index contributed by atoms with van der Waals surface area (Å²) in [6.45, 7) is 7.71. The summed E-state index contributed by atoms with van der Waals surface area (Å²) in [6, 6.07) is 10.7. The maximum Gasteiger partial charge on any atom is 0.306 e. The molecule has 10 heteroatoms. The van der Waals surface area contributed by atoms with E-state index in [0.29, 0.717) is 36.4 Å². The number of piperidine rings is 1. The number of hydrogen-bond acceptors (Lipinski definition) is 7. The van der Waals surface area contributed by atoms with Crippen LogP contribution in [0.2, 0.25) is 0 Å². The van der Waals surface area contributed by atoms with Crippen molar-refractivity contribution in [1.82, 2.24) is 30.0 Å². The van der Waals surface area contributed by atoms with Gasteiger partial charge in [-0.25, -0.2) is 9.97 Å². The van der Waals surface area contributed by atoms with E-state index in [4.69, 9.17) is 9.97 Å². The lowest BCUT2D eigenvalue weighted by Gasteiger charge is -2.35. The maximum atomic E-state index is 15.3. The molecule has 0 unspecified atom stereocenters. The Morgan fingerprint density at radius 3 is 2.57 bits per heavy atom. The summed E-state index contributed by atoms with van der Waals surface area (Å²) in [6.07, 6.45) is 11.2. The lowest BCUT2D eigenvalue weighted by Crippen LogP contribution is -2.39. The lowest BCUT2D eigenvalue weighted by molar-refractivity contribution is -0.143. The minimum atomic E-state index is -0.666. The standard InChI is InChI=1S/C37H52FN7O2/c1-4-31(26-12-14-27(15-13-26)37(46)47)39-20-34-40-32-17-16-28(25-10-6-5-7-11-25)19-29(32)36(42-34)41-33(30-22-44(3)43-35(30)38)23-45-18-8-9-24(2)21-45/h5-7,10-11,22,24,26-28,31,33,39H,4,8-9,12-21,23H2,1-3H3,(H,46,47)(H,40,41,42)/t24-,26?,27?,28+,31+,33+/m0/s1. The average Bonchev–Trinajstić information content (AvgIpc) is 3.42. The van der Waals surface area contributed by atoms with Gasteiger partial charge in [-0.15, -0.1) is 5.10 Å². The van der Waals surface area contributed by atoms with Gasteiger partial charge in [0.2, 0.25) is 5.95 Å². The Bertz CT molecular complexity index is 1490. The zero-order valence-corrected chi connectivity index (χ0v) is 28.3. The summed E-state index contributed by atoms with van der Waals surface area (Å²) in [5.74, 6) is 1.67. The molecule has 3 aliphatic rings. The molecule has 6 rings (SSSR count). The van der Waals surface area contributed by atoms with Crippen LogP contribution in [0, 0.1) is 23.7 Å². The van der Waals surface area contributed by atoms with Crippen molar-refractivity contribution in [3.05, 3.63) is 70.7 Å². The zero-order valence-electron chi connectivity index (χ0n) is 28.3. The van der Waals surface area contributed by atoms with Crippen LogP contribution >= 0.6 is 0 Å². The molecule has 2 aromatic heterocycles. The van der Waals surface area contributed by atoms with E-state index in [-0.39, 0.29) is 18.0 Å². The Hall–Kier alpha value is -3.37. The first-order chi connectivity index (χ1) is 22.8. The number of halogens is 1. The number of benzene rings is 1. The van der Waals surface area contributed by atoms with Gasteiger partial charge in [-0.2, -0.15) is 4.39 Å². The van der Waals surface area contributed by atoms with Gasteiger partial charge in [0.25, 0.3) is 0 Å². The van der Waals surface area contributed by atoms with Crippen molar-refractivity contribution >= 4 is 11.8 Å². The number of fused-ring (bicyclic) bond motifs is 1. The summed E-state index contributed by atoms with van der Waals surface area (Å²) in [5, 5.41) is 21.1. The minimum absolute atomic E-state index is 0.216. The lowest BCUT2D eigenvalue weighted by atomic mass is 9.78.